The van der Waals surface area contributed by atoms with Gasteiger partial charge in [-0.15, -0.1) is 22.7 Å². The Morgan fingerprint density at radius 3 is 2.19 bits per heavy atom. The number of sulfonamides is 1. The second-order valence-electron chi connectivity index (χ2n) is 6.99. The molecule has 10 heteroatoms. The van der Waals surface area contributed by atoms with E-state index in [2.05, 4.69) is 4.72 Å². The minimum Gasteiger partial charge on any atom is -0.335 e. The van der Waals surface area contributed by atoms with Gasteiger partial charge in [0.2, 0.25) is 10.0 Å². The number of rotatable bonds is 6. The minimum atomic E-state index is -3.73. The van der Waals surface area contributed by atoms with Crippen LogP contribution in [0.25, 0.3) is 0 Å². The minimum absolute atomic E-state index is 0.0213. The summed E-state index contributed by atoms with van der Waals surface area (Å²) in [7, 11) is -3.73. The molecule has 162 valence electrons. The van der Waals surface area contributed by atoms with Crippen molar-refractivity contribution in [1.29, 1.82) is 0 Å². The predicted octanol–water partition coefficient (Wildman–Crippen LogP) is 2.89. The van der Waals surface area contributed by atoms with Crippen LogP contribution in [0.1, 0.15) is 24.9 Å². The van der Waals surface area contributed by atoms with E-state index in [0.29, 0.717) is 36.6 Å². The van der Waals surface area contributed by atoms with Crippen LogP contribution < -0.4 is 4.72 Å². The molecule has 1 aliphatic heterocycles. The van der Waals surface area contributed by atoms with E-state index in [0.717, 1.165) is 4.88 Å². The number of carbonyl (C=O) groups excluding carboxylic acids is 2. The third-order valence-corrected chi connectivity index (χ3v) is 8.13. The van der Waals surface area contributed by atoms with E-state index in [1.54, 1.807) is 28.0 Å². The standard InChI is InChI=1S/C21H21N3O4S3/c25-20(23-8-10-24(11-9-23)21(26)19-7-3-13-30-19)16-4-1-6-18(14-16)31(27,28)22-15-17-5-2-12-29-17/h1-7,12-14,22H,8-11,15H2. The number of amides is 2. The summed E-state index contributed by atoms with van der Waals surface area (Å²) in [4.78, 5) is 30.5. The average Bonchev–Trinajstić information content (AvgIpc) is 3.51. The first-order chi connectivity index (χ1) is 14.9. The molecule has 1 fully saturated rings. The fraction of sp³-hybridized carbons (Fsp3) is 0.238. The van der Waals surface area contributed by atoms with Gasteiger partial charge in [-0.3, -0.25) is 9.59 Å². The molecule has 1 aromatic carbocycles. The number of carbonyl (C=O) groups is 2. The molecule has 3 heterocycles. The average molecular weight is 476 g/mol. The molecule has 0 spiro atoms. The van der Waals surface area contributed by atoms with Crippen LogP contribution in [-0.2, 0) is 16.6 Å². The summed E-state index contributed by atoms with van der Waals surface area (Å²) in [5, 5.41) is 3.75. The van der Waals surface area contributed by atoms with Crippen molar-refractivity contribution in [2.24, 2.45) is 0 Å². The Bertz CT molecular complexity index is 1150. The molecular formula is C21H21N3O4S3. The molecule has 0 bridgehead atoms. The summed E-state index contributed by atoms with van der Waals surface area (Å²) in [6.45, 7) is 1.91. The Balaban J connectivity index is 1.40. The Hall–Kier alpha value is -2.53. The number of nitrogens with zero attached hydrogens (tertiary/aromatic N) is 2. The SMILES string of the molecule is O=C(c1cccc(S(=O)(=O)NCc2cccs2)c1)N1CCN(C(=O)c2cccs2)CC1. The maximum Gasteiger partial charge on any atom is 0.264 e. The van der Waals surface area contributed by atoms with E-state index >= 15 is 0 Å². The third kappa shape index (κ3) is 5.04. The quantitative estimate of drug-likeness (QED) is 0.594. The van der Waals surface area contributed by atoms with Crippen molar-refractivity contribution in [3.8, 4) is 0 Å². The largest absolute Gasteiger partial charge is 0.335 e. The molecule has 1 saturated heterocycles. The number of piperazine rings is 1. The zero-order valence-corrected chi connectivity index (χ0v) is 19.0. The van der Waals surface area contributed by atoms with Crippen LogP contribution in [0.5, 0.6) is 0 Å². The van der Waals surface area contributed by atoms with E-state index in [1.807, 2.05) is 29.0 Å². The molecule has 1 N–H and O–H groups in total. The van der Waals surface area contributed by atoms with Crippen LogP contribution in [0.3, 0.4) is 0 Å². The summed E-state index contributed by atoms with van der Waals surface area (Å²) in [6.07, 6.45) is 0. The fourth-order valence-corrected chi connectivity index (χ4v) is 5.79. The molecule has 2 aromatic heterocycles. The number of benzene rings is 1. The van der Waals surface area contributed by atoms with Gasteiger partial charge in [-0.1, -0.05) is 18.2 Å². The highest BCUT2D eigenvalue weighted by Gasteiger charge is 2.26. The van der Waals surface area contributed by atoms with Crippen LogP contribution in [0.2, 0.25) is 0 Å². The lowest BCUT2D eigenvalue weighted by Crippen LogP contribution is -2.50. The smallest absolute Gasteiger partial charge is 0.264 e. The van der Waals surface area contributed by atoms with Gasteiger partial charge in [0.15, 0.2) is 0 Å². The number of nitrogens with one attached hydrogen (secondary N) is 1. The van der Waals surface area contributed by atoms with Crippen LogP contribution in [0.4, 0.5) is 0 Å². The maximum atomic E-state index is 12.9. The molecule has 0 aliphatic carbocycles. The summed E-state index contributed by atoms with van der Waals surface area (Å²) in [6, 6.07) is 13.4. The first kappa shape index (κ1) is 21.7. The van der Waals surface area contributed by atoms with Crippen molar-refractivity contribution >= 4 is 44.5 Å². The van der Waals surface area contributed by atoms with Gasteiger partial charge in [0.1, 0.15) is 0 Å². The van der Waals surface area contributed by atoms with E-state index in [4.69, 9.17) is 0 Å². The summed E-state index contributed by atoms with van der Waals surface area (Å²) in [5.41, 5.74) is 0.317. The van der Waals surface area contributed by atoms with Gasteiger partial charge in [0.05, 0.1) is 9.77 Å². The summed E-state index contributed by atoms with van der Waals surface area (Å²) >= 11 is 2.87. The zero-order valence-electron chi connectivity index (χ0n) is 16.6. The topological polar surface area (TPSA) is 86.8 Å². The molecule has 0 saturated carbocycles. The highest BCUT2D eigenvalue weighted by molar-refractivity contribution is 7.89. The van der Waals surface area contributed by atoms with Gasteiger partial charge < -0.3 is 9.80 Å². The van der Waals surface area contributed by atoms with Crippen LogP contribution in [0, 0.1) is 0 Å². The lowest BCUT2D eigenvalue weighted by molar-refractivity contribution is 0.0538. The van der Waals surface area contributed by atoms with E-state index in [9.17, 15) is 18.0 Å². The molecular weight excluding hydrogens is 454 g/mol. The van der Waals surface area contributed by atoms with Gasteiger partial charge in [0, 0.05) is 43.2 Å². The molecule has 2 amide bonds. The third-order valence-electron chi connectivity index (χ3n) is 4.99. The molecule has 0 atom stereocenters. The molecule has 3 aromatic rings. The Kier molecular flexibility index (Phi) is 6.51. The number of hydrogen-bond donors (Lipinski definition) is 1. The zero-order chi connectivity index (χ0) is 21.8. The van der Waals surface area contributed by atoms with Crippen molar-refractivity contribution in [1.82, 2.24) is 14.5 Å². The normalized spacial score (nSPS) is 14.6. The van der Waals surface area contributed by atoms with Crippen LogP contribution in [-0.4, -0.2) is 56.2 Å². The fourth-order valence-electron chi connectivity index (χ4n) is 3.31. The highest BCUT2D eigenvalue weighted by atomic mass is 32.2. The van der Waals surface area contributed by atoms with Crippen LogP contribution in [0.15, 0.2) is 64.2 Å². The summed E-state index contributed by atoms with van der Waals surface area (Å²) in [5.74, 6) is -0.259. The predicted molar refractivity (Wildman–Crippen MR) is 121 cm³/mol. The van der Waals surface area contributed by atoms with Crippen molar-refractivity contribution in [3.05, 3.63) is 74.6 Å². The molecule has 31 heavy (non-hydrogen) atoms. The Morgan fingerprint density at radius 1 is 0.871 bits per heavy atom. The van der Waals surface area contributed by atoms with E-state index in [-0.39, 0.29) is 23.3 Å². The number of hydrogen-bond acceptors (Lipinski definition) is 6. The number of thiophene rings is 2. The lowest BCUT2D eigenvalue weighted by atomic mass is 10.2. The van der Waals surface area contributed by atoms with Gasteiger partial charge in [-0.05, 0) is 41.1 Å². The van der Waals surface area contributed by atoms with Crippen molar-refractivity contribution in [2.45, 2.75) is 11.4 Å². The van der Waals surface area contributed by atoms with E-state index < -0.39 is 10.0 Å². The monoisotopic (exact) mass is 475 g/mol. The Labute approximate surface area is 189 Å². The van der Waals surface area contributed by atoms with Gasteiger partial charge in [-0.2, -0.15) is 0 Å². The molecule has 0 radical (unpaired) electrons. The van der Waals surface area contributed by atoms with Gasteiger partial charge >= 0.3 is 0 Å². The molecule has 0 unspecified atom stereocenters. The second-order valence-corrected chi connectivity index (χ2v) is 10.7. The first-order valence-corrected chi connectivity index (χ1v) is 12.9. The van der Waals surface area contributed by atoms with Crippen molar-refractivity contribution < 1.29 is 18.0 Å². The van der Waals surface area contributed by atoms with Gasteiger partial charge in [-0.25, -0.2) is 13.1 Å². The van der Waals surface area contributed by atoms with Crippen molar-refractivity contribution in [3.63, 3.8) is 0 Å². The second kappa shape index (κ2) is 9.31. The van der Waals surface area contributed by atoms with E-state index in [1.165, 1.54) is 34.8 Å². The Morgan fingerprint density at radius 2 is 1.55 bits per heavy atom. The molecule has 1 aliphatic rings. The molecule has 7 nitrogen and oxygen atoms in total. The maximum absolute atomic E-state index is 12.9. The van der Waals surface area contributed by atoms with Crippen molar-refractivity contribution in [2.75, 3.05) is 26.2 Å². The summed E-state index contributed by atoms with van der Waals surface area (Å²) < 4.78 is 27.8. The molecule has 4 rings (SSSR count). The highest BCUT2D eigenvalue weighted by Crippen LogP contribution is 2.18. The van der Waals surface area contributed by atoms with Gasteiger partial charge in [0.25, 0.3) is 11.8 Å². The lowest BCUT2D eigenvalue weighted by Gasteiger charge is -2.34. The first-order valence-electron chi connectivity index (χ1n) is 9.68. The van der Waals surface area contributed by atoms with Crippen LogP contribution >= 0.6 is 22.7 Å².